The van der Waals surface area contributed by atoms with Crippen molar-refractivity contribution in [2.75, 3.05) is 25.0 Å². The summed E-state index contributed by atoms with van der Waals surface area (Å²) in [6, 6.07) is 2.91. The van der Waals surface area contributed by atoms with E-state index >= 15 is 0 Å². The molecule has 0 spiro atoms. The highest BCUT2D eigenvalue weighted by Gasteiger charge is 2.17. The number of likely N-dealkylation sites (tertiary alicyclic amines) is 1. The average molecular weight is 278 g/mol. The highest BCUT2D eigenvalue weighted by atomic mass is 16.6. The first-order chi connectivity index (χ1) is 9.68. The summed E-state index contributed by atoms with van der Waals surface area (Å²) in [7, 11) is 0. The van der Waals surface area contributed by atoms with Gasteiger partial charge in [-0.25, -0.2) is 4.98 Å². The number of rotatable bonds is 5. The van der Waals surface area contributed by atoms with Crippen LogP contribution in [0.1, 0.15) is 25.7 Å². The number of nitrogens with one attached hydrogen (secondary N) is 1. The Balaban J connectivity index is 1.83. The molecule has 0 aromatic carbocycles. The molecule has 0 radical (unpaired) electrons. The van der Waals surface area contributed by atoms with E-state index in [9.17, 15) is 14.9 Å². The van der Waals surface area contributed by atoms with Gasteiger partial charge in [-0.1, -0.05) is 0 Å². The van der Waals surface area contributed by atoms with Crippen LogP contribution in [0.2, 0.25) is 0 Å². The summed E-state index contributed by atoms with van der Waals surface area (Å²) in [5, 5.41) is 13.7. The molecular weight excluding hydrogens is 260 g/mol. The van der Waals surface area contributed by atoms with E-state index in [4.69, 9.17) is 0 Å². The predicted octanol–water partition coefficient (Wildman–Crippen LogP) is 1.80. The molecule has 1 N–H and O–H groups in total. The molecule has 1 fully saturated rings. The van der Waals surface area contributed by atoms with Crippen molar-refractivity contribution in [3.05, 3.63) is 28.4 Å². The van der Waals surface area contributed by atoms with Crippen LogP contribution in [0.25, 0.3) is 0 Å². The number of piperidine rings is 1. The second-order valence-corrected chi connectivity index (χ2v) is 4.75. The number of anilines is 1. The zero-order valence-corrected chi connectivity index (χ0v) is 11.2. The Morgan fingerprint density at radius 1 is 1.40 bits per heavy atom. The largest absolute Gasteiger partial charge is 0.364 e. The van der Waals surface area contributed by atoms with Crippen LogP contribution in [0, 0.1) is 10.1 Å². The average Bonchev–Trinajstić information content (AvgIpc) is 2.48. The molecule has 0 aliphatic carbocycles. The minimum Gasteiger partial charge on any atom is -0.364 e. The number of carbonyl (C=O) groups excluding carboxylic acids is 1. The molecule has 2 heterocycles. The van der Waals surface area contributed by atoms with Crippen LogP contribution in [0.4, 0.5) is 11.5 Å². The van der Waals surface area contributed by atoms with Gasteiger partial charge in [0.15, 0.2) is 0 Å². The first kappa shape index (κ1) is 14.2. The predicted molar refractivity (Wildman–Crippen MR) is 74.4 cm³/mol. The standard InChI is InChI=1S/C13H18N4O3/c18-12(16-9-2-1-3-10-16)6-8-15-13-11(17(19)20)5-4-7-14-13/h4-5,7H,1-3,6,8-10H2,(H,14,15). The Bertz CT molecular complexity index is 486. The first-order valence-electron chi connectivity index (χ1n) is 6.79. The van der Waals surface area contributed by atoms with Crippen LogP contribution >= 0.6 is 0 Å². The van der Waals surface area contributed by atoms with Crippen molar-refractivity contribution < 1.29 is 9.72 Å². The topological polar surface area (TPSA) is 88.4 Å². The molecule has 0 saturated carbocycles. The van der Waals surface area contributed by atoms with Crippen molar-refractivity contribution in [2.24, 2.45) is 0 Å². The van der Waals surface area contributed by atoms with Crippen molar-refractivity contribution in [3.63, 3.8) is 0 Å². The number of amides is 1. The van der Waals surface area contributed by atoms with Gasteiger partial charge >= 0.3 is 5.69 Å². The molecule has 1 aliphatic rings. The third kappa shape index (κ3) is 3.66. The molecule has 0 bridgehead atoms. The molecule has 1 aromatic heterocycles. The van der Waals surface area contributed by atoms with Crippen molar-refractivity contribution in [3.8, 4) is 0 Å². The molecule has 7 nitrogen and oxygen atoms in total. The number of pyridine rings is 1. The molecule has 2 rings (SSSR count). The van der Waals surface area contributed by atoms with E-state index in [1.807, 2.05) is 4.90 Å². The maximum Gasteiger partial charge on any atom is 0.311 e. The van der Waals surface area contributed by atoms with Crippen molar-refractivity contribution in [2.45, 2.75) is 25.7 Å². The highest BCUT2D eigenvalue weighted by Crippen LogP contribution is 2.20. The van der Waals surface area contributed by atoms with Crippen molar-refractivity contribution in [1.82, 2.24) is 9.88 Å². The number of hydrogen-bond donors (Lipinski definition) is 1. The Morgan fingerprint density at radius 3 is 2.85 bits per heavy atom. The first-order valence-corrected chi connectivity index (χ1v) is 6.79. The molecule has 1 saturated heterocycles. The summed E-state index contributed by atoms with van der Waals surface area (Å²) in [5.41, 5.74) is -0.0714. The monoisotopic (exact) mass is 278 g/mol. The fourth-order valence-corrected chi connectivity index (χ4v) is 2.27. The van der Waals surface area contributed by atoms with E-state index in [1.165, 1.54) is 24.8 Å². The summed E-state index contributed by atoms with van der Waals surface area (Å²) in [6.45, 7) is 2.00. The van der Waals surface area contributed by atoms with Crippen LogP contribution in [-0.2, 0) is 4.79 Å². The Hall–Kier alpha value is -2.18. The highest BCUT2D eigenvalue weighted by molar-refractivity contribution is 5.76. The second kappa shape index (κ2) is 6.83. The SMILES string of the molecule is O=C(CCNc1ncccc1[N+](=O)[O-])N1CCCCC1. The third-order valence-electron chi connectivity index (χ3n) is 3.32. The van der Waals surface area contributed by atoms with Gasteiger partial charge in [-0.05, 0) is 25.3 Å². The lowest BCUT2D eigenvalue weighted by Crippen LogP contribution is -2.36. The fourth-order valence-electron chi connectivity index (χ4n) is 2.27. The summed E-state index contributed by atoms with van der Waals surface area (Å²) in [4.78, 5) is 28.1. The van der Waals surface area contributed by atoms with E-state index < -0.39 is 4.92 Å². The number of nitro groups is 1. The maximum absolute atomic E-state index is 11.9. The van der Waals surface area contributed by atoms with Crippen LogP contribution in [0.5, 0.6) is 0 Å². The van der Waals surface area contributed by atoms with Crippen LogP contribution in [-0.4, -0.2) is 40.3 Å². The zero-order valence-electron chi connectivity index (χ0n) is 11.2. The number of nitrogens with zero attached hydrogens (tertiary/aromatic N) is 3. The van der Waals surface area contributed by atoms with Crippen LogP contribution in [0.3, 0.4) is 0 Å². The summed E-state index contributed by atoms with van der Waals surface area (Å²) in [5.74, 6) is 0.305. The smallest absolute Gasteiger partial charge is 0.311 e. The van der Waals surface area contributed by atoms with E-state index in [-0.39, 0.29) is 17.4 Å². The molecule has 1 aliphatic heterocycles. The minimum absolute atomic E-state index is 0.0714. The van der Waals surface area contributed by atoms with Gasteiger partial charge in [-0.2, -0.15) is 0 Å². The molecule has 20 heavy (non-hydrogen) atoms. The number of carbonyl (C=O) groups is 1. The van der Waals surface area contributed by atoms with Crippen molar-refractivity contribution in [1.29, 1.82) is 0 Å². The fraction of sp³-hybridized carbons (Fsp3) is 0.538. The maximum atomic E-state index is 11.9. The summed E-state index contributed by atoms with van der Waals surface area (Å²) in [6.07, 6.45) is 5.12. The lowest BCUT2D eigenvalue weighted by molar-refractivity contribution is -0.384. The van der Waals surface area contributed by atoms with Gasteiger partial charge < -0.3 is 10.2 Å². The summed E-state index contributed by atoms with van der Waals surface area (Å²) >= 11 is 0. The molecule has 0 unspecified atom stereocenters. The molecular formula is C13H18N4O3. The zero-order chi connectivity index (χ0) is 14.4. The lowest BCUT2D eigenvalue weighted by Gasteiger charge is -2.26. The van der Waals surface area contributed by atoms with Gasteiger partial charge in [0.2, 0.25) is 11.7 Å². The van der Waals surface area contributed by atoms with E-state index in [2.05, 4.69) is 10.3 Å². The molecule has 0 atom stereocenters. The van der Waals surface area contributed by atoms with E-state index in [0.717, 1.165) is 25.9 Å². The molecule has 1 amide bonds. The van der Waals surface area contributed by atoms with Gasteiger partial charge in [-0.15, -0.1) is 0 Å². The lowest BCUT2D eigenvalue weighted by atomic mass is 10.1. The van der Waals surface area contributed by atoms with E-state index in [1.54, 1.807) is 0 Å². The summed E-state index contributed by atoms with van der Waals surface area (Å²) < 4.78 is 0. The third-order valence-corrected chi connectivity index (χ3v) is 3.32. The van der Waals surface area contributed by atoms with Crippen LogP contribution in [0.15, 0.2) is 18.3 Å². The Kier molecular flexibility index (Phi) is 4.86. The second-order valence-electron chi connectivity index (χ2n) is 4.75. The molecule has 7 heteroatoms. The molecule has 1 aromatic rings. The van der Waals surface area contributed by atoms with Crippen LogP contribution < -0.4 is 5.32 Å². The van der Waals surface area contributed by atoms with Crippen molar-refractivity contribution >= 4 is 17.4 Å². The number of aromatic nitrogens is 1. The van der Waals surface area contributed by atoms with Gasteiger partial charge in [0.1, 0.15) is 0 Å². The number of hydrogen-bond acceptors (Lipinski definition) is 5. The minimum atomic E-state index is -0.484. The van der Waals surface area contributed by atoms with Gasteiger partial charge in [0, 0.05) is 38.3 Å². The van der Waals surface area contributed by atoms with E-state index in [0.29, 0.717) is 13.0 Å². The quantitative estimate of drug-likeness (QED) is 0.655. The normalized spacial score (nSPS) is 14.9. The van der Waals surface area contributed by atoms with Gasteiger partial charge in [0.25, 0.3) is 0 Å². The van der Waals surface area contributed by atoms with Gasteiger partial charge in [-0.3, -0.25) is 14.9 Å². The molecule has 108 valence electrons. The Labute approximate surface area is 117 Å². The Morgan fingerprint density at radius 2 is 2.15 bits per heavy atom. The van der Waals surface area contributed by atoms with Gasteiger partial charge in [0.05, 0.1) is 4.92 Å².